The number of hydrogen-bond acceptors (Lipinski definition) is 4. The summed E-state index contributed by atoms with van der Waals surface area (Å²) in [5.41, 5.74) is -3.67. The van der Waals surface area contributed by atoms with Crippen LogP contribution in [-0.4, -0.2) is 41.7 Å². The smallest absolute Gasteiger partial charge is 0.446 e. The summed E-state index contributed by atoms with van der Waals surface area (Å²) in [5, 5.41) is 13.5. The predicted molar refractivity (Wildman–Crippen MR) is 94.4 cm³/mol. The van der Waals surface area contributed by atoms with Gasteiger partial charge in [-0.1, -0.05) is 0 Å². The van der Waals surface area contributed by atoms with Crippen LogP contribution < -0.4 is 5.32 Å². The van der Waals surface area contributed by atoms with Gasteiger partial charge >= 0.3 is 5.51 Å². The molecular formula is C15H21Cl2F3N2OS. The summed E-state index contributed by atoms with van der Waals surface area (Å²) < 4.78 is 37.7. The molecule has 1 saturated heterocycles. The number of aromatic hydroxyl groups is 1. The minimum Gasteiger partial charge on any atom is -0.508 e. The molecular weight excluding hydrogens is 384 g/mol. The van der Waals surface area contributed by atoms with Crippen LogP contribution in [0.25, 0.3) is 0 Å². The third-order valence-electron chi connectivity index (χ3n) is 4.16. The summed E-state index contributed by atoms with van der Waals surface area (Å²) in [6.07, 6.45) is 2.15. The highest BCUT2D eigenvalue weighted by Gasteiger charge is 2.38. The number of rotatable bonds is 4. The van der Waals surface area contributed by atoms with Crippen molar-refractivity contribution in [2.24, 2.45) is 5.92 Å². The standard InChI is InChI=1S/C15H19F3N2OS.2ClH/c16-15(17,18)22-11-3-4-13(21)12(9-11)14(10-1-2-10)20-7-5-19-6-8-20;;/h3-4,9-10,14,19,21H,1-2,5-8H2;2*1H/t14-;;/m1../s1. The number of phenols is 1. The van der Waals surface area contributed by atoms with E-state index in [-0.39, 0.29) is 53.3 Å². The van der Waals surface area contributed by atoms with Crippen molar-refractivity contribution in [3.8, 4) is 5.75 Å². The van der Waals surface area contributed by atoms with Crippen LogP contribution in [0.2, 0.25) is 0 Å². The van der Waals surface area contributed by atoms with Gasteiger partial charge in [-0.25, -0.2) is 0 Å². The lowest BCUT2D eigenvalue weighted by molar-refractivity contribution is -0.0328. The maximum atomic E-state index is 12.6. The van der Waals surface area contributed by atoms with Crippen LogP contribution in [0.15, 0.2) is 23.1 Å². The predicted octanol–water partition coefficient (Wildman–Crippen LogP) is 4.20. The molecule has 9 heteroatoms. The highest BCUT2D eigenvalue weighted by Crippen LogP contribution is 2.48. The van der Waals surface area contributed by atoms with E-state index in [4.69, 9.17) is 0 Å². The van der Waals surface area contributed by atoms with E-state index in [1.165, 1.54) is 18.2 Å². The molecule has 1 aliphatic heterocycles. The molecule has 2 aliphatic rings. The van der Waals surface area contributed by atoms with E-state index < -0.39 is 5.51 Å². The number of nitrogens with zero attached hydrogens (tertiary/aromatic N) is 1. The van der Waals surface area contributed by atoms with Crippen molar-refractivity contribution in [2.75, 3.05) is 26.2 Å². The van der Waals surface area contributed by atoms with Gasteiger partial charge in [-0.3, -0.25) is 4.90 Å². The molecule has 138 valence electrons. The van der Waals surface area contributed by atoms with Crippen LogP contribution in [0.3, 0.4) is 0 Å². The fourth-order valence-corrected chi connectivity index (χ4v) is 3.68. The maximum Gasteiger partial charge on any atom is 0.446 e. The summed E-state index contributed by atoms with van der Waals surface area (Å²) >= 11 is -0.122. The van der Waals surface area contributed by atoms with Crippen molar-refractivity contribution in [2.45, 2.75) is 29.3 Å². The Morgan fingerprint density at radius 1 is 1.17 bits per heavy atom. The molecule has 0 aromatic heterocycles. The Balaban J connectivity index is 0.00000144. The zero-order valence-corrected chi connectivity index (χ0v) is 15.3. The first kappa shape index (κ1) is 21.7. The highest BCUT2D eigenvalue weighted by atomic mass is 35.5. The summed E-state index contributed by atoms with van der Waals surface area (Å²) in [5.74, 6) is 0.539. The minimum atomic E-state index is -4.31. The molecule has 0 bridgehead atoms. The van der Waals surface area contributed by atoms with Gasteiger partial charge in [-0.2, -0.15) is 13.2 Å². The summed E-state index contributed by atoms with van der Waals surface area (Å²) in [4.78, 5) is 2.42. The van der Waals surface area contributed by atoms with Gasteiger partial charge in [0.1, 0.15) is 5.75 Å². The Kier molecular flexibility index (Phi) is 8.00. The maximum absolute atomic E-state index is 12.6. The van der Waals surface area contributed by atoms with Crippen molar-refractivity contribution < 1.29 is 18.3 Å². The zero-order valence-electron chi connectivity index (χ0n) is 12.9. The second-order valence-corrected chi connectivity index (χ2v) is 6.98. The Morgan fingerprint density at radius 2 is 1.79 bits per heavy atom. The lowest BCUT2D eigenvalue weighted by Gasteiger charge is -2.36. The molecule has 2 N–H and O–H groups in total. The normalized spacial score (nSPS) is 20.0. The highest BCUT2D eigenvalue weighted by molar-refractivity contribution is 8.00. The van der Waals surface area contributed by atoms with Gasteiger partial charge in [0, 0.05) is 42.7 Å². The van der Waals surface area contributed by atoms with Crippen LogP contribution >= 0.6 is 36.6 Å². The minimum absolute atomic E-state index is 0. The number of nitrogens with one attached hydrogen (secondary N) is 1. The molecule has 24 heavy (non-hydrogen) atoms. The average Bonchev–Trinajstić information content (AvgIpc) is 3.27. The van der Waals surface area contributed by atoms with E-state index >= 15 is 0 Å². The van der Waals surface area contributed by atoms with Gasteiger partial charge < -0.3 is 10.4 Å². The Hall–Kier alpha value is -0.340. The van der Waals surface area contributed by atoms with Crippen LogP contribution in [0, 0.1) is 5.92 Å². The lowest BCUT2D eigenvalue weighted by Crippen LogP contribution is -2.45. The van der Waals surface area contributed by atoms with Crippen molar-refractivity contribution in [1.82, 2.24) is 10.2 Å². The third-order valence-corrected chi connectivity index (χ3v) is 4.89. The number of thioether (sulfide) groups is 1. The summed E-state index contributed by atoms with van der Waals surface area (Å²) in [6, 6.07) is 4.26. The number of alkyl halides is 3. The molecule has 0 amide bonds. The van der Waals surface area contributed by atoms with Crippen molar-refractivity contribution in [3.63, 3.8) is 0 Å². The quantitative estimate of drug-likeness (QED) is 0.736. The average molecular weight is 405 g/mol. The van der Waals surface area contributed by atoms with E-state index in [9.17, 15) is 18.3 Å². The van der Waals surface area contributed by atoms with E-state index in [1.807, 2.05) is 0 Å². The monoisotopic (exact) mass is 404 g/mol. The molecule has 1 aromatic rings. The number of hydrogen-bond donors (Lipinski definition) is 2. The first-order valence-electron chi connectivity index (χ1n) is 7.47. The first-order chi connectivity index (χ1) is 10.4. The largest absolute Gasteiger partial charge is 0.508 e. The molecule has 2 fully saturated rings. The van der Waals surface area contributed by atoms with Gasteiger partial charge in [-0.15, -0.1) is 24.8 Å². The molecule has 1 atom stereocenters. The van der Waals surface area contributed by atoms with Crippen LogP contribution in [-0.2, 0) is 0 Å². The SMILES string of the molecule is Cl.Cl.Oc1ccc(SC(F)(F)F)cc1[C@@H](C1CC1)N1CCNCC1. The molecule has 1 heterocycles. The van der Waals surface area contributed by atoms with Gasteiger partial charge in [0.05, 0.1) is 0 Å². The Morgan fingerprint density at radius 3 is 2.33 bits per heavy atom. The number of benzene rings is 1. The topological polar surface area (TPSA) is 35.5 Å². The second kappa shape index (κ2) is 8.85. The van der Waals surface area contributed by atoms with Gasteiger partial charge in [0.15, 0.2) is 0 Å². The van der Waals surface area contributed by atoms with Crippen LogP contribution in [0.1, 0.15) is 24.4 Å². The molecule has 1 aromatic carbocycles. The number of phenolic OH excluding ortho intramolecular Hbond substituents is 1. The number of halogens is 5. The molecule has 1 aliphatic carbocycles. The second-order valence-electron chi connectivity index (χ2n) is 5.84. The Labute approximate surface area is 156 Å². The summed E-state index contributed by atoms with van der Waals surface area (Å²) in [6.45, 7) is 3.47. The zero-order chi connectivity index (χ0) is 15.7. The van der Waals surface area contributed by atoms with Crippen molar-refractivity contribution in [1.29, 1.82) is 0 Å². The fraction of sp³-hybridized carbons (Fsp3) is 0.600. The molecule has 1 saturated carbocycles. The molecule has 3 rings (SSSR count). The van der Waals surface area contributed by atoms with Crippen molar-refractivity contribution in [3.05, 3.63) is 23.8 Å². The van der Waals surface area contributed by atoms with Crippen LogP contribution in [0.4, 0.5) is 13.2 Å². The summed E-state index contributed by atoms with van der Waals surface area (Å²) in [7, 11) is 0. The van der Waals surface area contributed by atoms with Crippen LogP contribution in [0.5, 0.6) is 5.75 Å². The van der Waals surface area contributed by atoms with E-state index in [1.54, 1.807) is 0 Å². The lowest BCUT2D eigenvalue weighted by atomic mass is 9.99. The molecule has 3 nitrogen and oxygen atoms in total. The van der Waals surface area contributed by atoms with E-state index in [2.05, 4.69) is 10.2 Å². The Bertz CT molecular complexity index is 538. The molecule has 0 radical (unpaired) electrons. The first-order valence-corrected chi connectivity index (χ1v) is 8.29. The van der Waals surface area contributed by atoms with E-state index in [0.717, 1.165) is 39.0 Å². The van der Waals surface area contributed by atoms with Gasteiger partial charge in [0.25, 0.3) is 0 Å². The molecule has 0 unspecified atom stereocenters. The number of piperazine rings is 1. The molecule has 0 spiro atoms. The third kappa shape index (κ3) is 5.59. The van der Waals surface area contributed by atoms with Gasteiger partial charge in [0.2, 0.25) is 0 Å². The van der Waals surface area contributed by atoms with E-state index in [0.29, 0.717) is 11.5 Å². The van der Waals surface area contributed by atoms with Gasteiger partial charge in [-0.05, 0) is 48.7 Å². The van der Waals surface area contributed by atoms with Crippen molar-refractivity contribution >= 4 is 36.6 Å². The fourth-order valence-electron chi connectivity index (χ4n) is 3.09.